The van der Waals surface area contributed by atoms with Gasteiger partial charge in [-0.3, -0.25) is 0 Å². The van der Waals surface area contributed by atoms with E-state index < -0.39 is 29.5 Å². The van der Waals surface area contributed by atoms with Crippen LogP contribution < -0.4 is 4.74 Å². The van der Waals surface area contributed by atoms with Crippen LogP contribution in [0.15, 0.2) is 36.7 Å². The van der Waals surface area contributed by atoms with Crippen LogP contribution in [0.2, 0.25) is 0 Å². The van der Waals surface area contributed by atoms with E-state index in [1.165, 1.54) is 0 Å². The maximum atomic E-state index is 12.5. The van der Waals surface area contributed by atoms with E-state index in [0.717, 1.165) is 24.5 Å². The van der Waals surface area contributed by atoms with E-state index in [1.807, 2.05) is 0 Å². The van der Waals surface area contributed by atoms with E-state index in [9.17, 15) is 26.3 Å². The lowest BCUT2D eigenvalue weighted by Crippen LogP contribution is -2.07. The van der Waals surface area contributed by atoms with Crippen LogP contribution >= 0.6 is 0 Å². The van der Waals surface area contributed by atoms with Crippen molar-refractivity contribution in [3.63, 3.8) is 0 Å². The van der Waals surface area contributed by atoms with Crippen molar-refractivity contribution >= 4 is 0 Å². The van der Waals surface area contributed by atoms with Crippen LogP contribution in [0, 0.1) is 0 Å². The second kappa shape index (κ2) is 5.23. The summed E-state index contributed by atoms with van der Waals surface area (Å²) >= 11 is 0. The van der Waals surface area contributed by atoms with Gasteiger partial charge >= 0.3 is 12.4 Å². The molecule has 2 rings (SSSR count). The molecule has 0 aromatic carbocycles. The van der Waals surface area contributed by atoms with Gasteiger partial charge in [0.15, 0.2) is 0 Å². The number of pyridine rings is 2. The van der Waals surface area contributed by atoms with Gasteiger partial charge in [0.1, 0.15) is 11.4 Å². The lowest BCUT2D eigenvalue weighted by atomic mass is 10.2. The Hall–Kier alpha value is -2.32. The quantitative estimate of drug-likeness (QED) is 0.776. The summed E-state index contributed by atoms with van der Waals surface area (Å²) in [5, 5.41) is 0. The van der Waals surface area contributed by atoms with Gasteiger partial charge < -0.3 is 4.74 Å². The molecular formula is C12H6F6N2O. The summed E-state index contributed by atoms with van der Waals surface area (Å²) in [5.74, 6) is -0.554. The van der Waals surface area contributed by atoms with E-state index in [2.05, 4.69) is 9.97 Å². The van der Waals surface area contributed by atoms with Crippen molar-refractivity contribution in [3.8, 4) is 11.6 Å². The van der Waals surface area contributed by atoms with Crippen molar-refractivity contribution in [2.75, 3.05) is 0 Å². The Morgan fingerprint density at radius 2 is 1.57 bits per heavy atom. The van der Waals surface area contributed by atoms with Gasteiger partial charge in [-0.1, -0.05) is 0 Å². The zero-order chi connectivity index (χ0) is 15.7. The first kappa shape index (κ1) is 15.1. The molecule has 0 aliphatic rings. The average Bonchev–Trinajstić information content (AvgIpc) is 2.37. The molecular weight excluding hydrogens is 302 g/mol. The normalized spacial score (nSPS) is 12.3. The number of hydrogen-bond acceptors (Lipinski definition) is 3. The van der Waals surface area contributed by atoms with Crippen molar-refractivity contribution in [2.45, 2.75) is 12.4 Å². The molecule has 0 amide bonds. The fraction of sp³-hybridized carbons (Fsp3) is 0.167. The molecule has 112 valence electrons. The zero-order valence-corrected chi connectivity index (χ0v) is 10.0. The predicted molar refractivity (Wildman–Crippen MR) is 58.6 cm³/mol. The Balaban J connectivity index is 2.19. The van der Waals surface area contributed by atoms with Crippen LogP contribution in [0.1, 0.15) is 11.3 Å². The van der Waals surface area contributed by atoms with E-state index in [0.29, 0.717) is 12.1 Å². The first-order valence-electron chi connectivity index (χ1n) is 5.40. The predicted octanol–water partition coefficient (Wildman–Crippen LogP) is 4.31. The van der Waals surface area contributed by atoms with Gasteiger partial charge in [-0.2, -0.15) is 26.3 Å². The molecule has 0 aliphatic heterocycles. The molecule has 9 heteroatoms. The lowest BCUT2D eigenvalue weighted by molar-refractivity contribution is -0.141. The number of rotatable bonds is 2. The van der Waals surface area contributed by atoms with Crippen molar-refractivity contribution < 1.29 is 31.1 Å². The van der Waals surface area contributed by atoms with Crippen LogP contribution in [0.3, 0.4) is 0 Å². The van der Waals surface area contributed by atoms with Crippen molar-refractivity contribution in [1.29, 1.82) is 0 Å². The molecule has 0 saturated heterocycles. The van der Waals surface area contributed by atoms with Crippen LogP contribution in [-0.2, 0) is 12.4 Å². The average molecular weight is 308 g/mol. The highest BCUT2D eigenvalue weighted by molar-refractivity contribution is 5.29. The largest absolute Gasteiger partial charge is 0.437 e. The van der Waals surface area contributed by atoms with E-state index in [-0.39, 0.29) is 5.75 Å². The Bertz CT molecular complexity index is 621. The molecule has 2 heterocycles. The first-order chi connectivity index (χ1) is 9.66. The van der Waals surface area contributed by atoms with Gasteiger partial charge in [0.2, 0.25) is 5.88 Å². The minimum atomic E-state index is -4.60. The highest BCUT2D eigenvalue weighted by Crippen LogP contribution is 2.32. The van der Waals surface area contributed by atoms with Crippen molar-refractivity contribution in [1.82, 2.24) is 9.97 Å². The number of alkyl halides is 6. The van der Waals surface area contributed by atoms with Crippen LogP contribution in [-0.4, -0.2) is 9.97 Å². The third-order valence-corrected chi connectivity index (χ3v) is 2.31. The molecule has 0 spiro atoms. The summed E-state index contributed by atoms with van der Waals surface area (Å²) in [4.78, 5) is 6.66. The van der Waals surface area contributed by atoms with Crippen molar-refractivity contribution in [3.05, 3.63) is 47.9 Å². The van der Waals surface area contributed by atoms with Gasteiger partial charge in [0.05, 0.1) is 11.8 Å². The summed E-state index contributed by atoms with van der Waals surface area (Å²) in [6.45, 7) is 0. The molecule has 0 aliphatic carbocycles. The summed E-state index contributed by atoms with van der Waals surface area (Å²) in [6, 6.07) is 2.98. The van der Waals surface area contributed by atoms with Crippen LogP contribution in [0.5, 0.6) is 11.6 Å². The Morgan fingerprint density at radius 3 is 2.10 bits per heavy atom. The zero-order valence-electron chi connectivity index (χ0n) is 10.0. The molecule has 0 N–H and O–H groups in total. The smallest absolute Gasteiger partial charge is 0.433 e. The summed E-state index contributed by atoms with van der Waals surface area (Å²) < 4.78 is 79.2. The monoisotopic (exact) mass is 308 g/mol. The molecule has 0 saturated carbocycles. The molecule has 3 nitrogen and oxygen atoms in total. The molecule has 0 radical (unpaired) electrons. The standard InChI is InChI=1S/C12H6F6N2O/c13-11(14,15)7-3-4-19-10(5-7)21-8-1-2-9(20-6-8)12(16,17)18/h1-6H. The van der Waals surface area contributed by atoms with Crippen molar-refractivity contribution in [2.24, 2.45) is 0 Å². The number of ether oxygens (including phenoxy) is 1. The molecule has 0 fully saturated rings. The SMILES string of the molecule is FC(F)(F)c1ccnc(Oc2ccc(C(F)(F)F)nc2)c1. The fourth-order valence-electron chi connectivity index (χ4n) is 1.37. The van der Waals surface area contributed by atoms with Crippen LogP contribution in [0.4, 0.5) is 26.3 Å². The minimum absolute atomic E-state index is 0.158. The second-order valence-corrected chi connectivity index (χ2v) is 3.86. The van der Waals surface area contributed by atoms with Gasteiger partial charge in [-0.25, -0.2) is 9.97 Å². The first-order valence-corrected chi connectivity index (χ1v) is 5.40. The topological polar surface area (TPSA) is 35.0 Å². The second-order valence-electron chi connectivity index (χ2n) is 3.86. The Kier molecular flexibility index (Phi) is 3.75. The summed E-state index contributed by atoms with van der Waals surface area (Å²) in [5.41, 5.74) is -2.11. The highest BCUT2D eigenvalue weighted by Gasteiger charge is 2.32. The maximum absolute atomic E-state index is 12.5. The van der Waals surface area contributed by atoms with Gasteiger partial charge in [0, 0.05) is 12.3 Å². The molecule has 21 heavy (non-hydrogen) atoms. The molecule has 2 aromatic heterocycles. The van der Waals surface area contributed by atoms with E-state index >= 15 is 0 Å². The fourth-order valence-corrected chi connectivity index (χ4v) is 1.37. The third-order valence-electron chi connectivity index (χ3n) is 2.31. The lowest BCUT2D eigenvalue weighted by Gasteiger charge is -2.09. The molecule has 0 unspecified atom stereocenters. The van der Waals surface area contributed by atoms with Gasteiger partial charge in [-0.05, 0) is 18.2 Å². The number of halogens is 6. The summed E-state index contributed by atoms with van der Waals surface area (Å²) in [6.07, 6.45) is -7.53. The number of hydrogen-bond donors (Lipinski definition) is 0. The van der Waals surface area contributed by atoms with E-state index in [4.69, 9.17) is 4.74 Å². The van der Waals surface area contributed by atoms with Gasteiger partial charge in [0.25, 0.3) is 0 Å². The Morgan fingerprint density at radius 1 is 0.857 bits per heavy atom. The Labute approximate surface area is 114 Å². The summed E-state index contributed by atoms with van der Waals surface area (Å²) in [7, 11) is 0. The highest BCUT2D eigenvalue weighted by atomic mass is 19.4. The van der Waals surface area contributed by atoms with Crippen LogP contribution in [0.25, 0.3) is 0 Å². The number of aromatic nitrogens is 2. The molecule has 2 aromatic rings. The number of nitrogens with zero attached hydrogens (tertiary/aromatic N) is 2. The minimum Gasteiger partial charge on any atom is -0.437 e. The molecule has 0 atom stereocenters. The van der Waals surface area contributed by atoms with Gasteiger partial charge in [-0.15, -0.1) is 0 Å². The third kappa shape index (κ3) is 3.83. The van der Waals surface area contributed by atoms with E-state index in [1.54, 1.807) is 0 Å². The molecule has 0 bridgehead atoms. The maximum Gasteiger partial charge on any atom is 0.433 e.